The Kier molecular flexibility index (Phi) is 4.19. The van der Waals surface area contributed by atoms with Gasteiger partial charge in [0.1, 0.15) is 5.82 Å². The van der Waals surface area contributed by atoms with Crippen molar-refractivity contribution in [3.8, 4) is 11.3 Å². The Labute approximate surface area is 127 Å². The van der Waals surface area contributed by atoms with Gasteiger partial charge in [0.2, 0.25) is 0 Å². The summed E-state index contributed by atoms with van der Waals surface area (Å²) in [6.45, 7) is 6.49. The van der Waals surface area contributed by atoms with Crippen LogP contribution in [0.1, 0.15) is 18.8 Å². The Morgan fingerprint density at radius 1 is 1.30 bits per heavy atom. The summed E-state index contributed by atoms with van der Waals surface area (Å²) in [6, 6.07) is 8.60. The van der Waals surface area contributed by atoms with Gasteiger partial charge >= 0.3 is 0 Å². The van der Waals surface area contributed by atoms with Crippen LogP contribution in [0, 0.1) is 0 Å². The average molecular weight is 335 g/mol. The minimum atomic E-state index is 0.331. The number of hydrogen-bond acceptors (Lipinski definition) is 3. The zero-order valence-electron chi connectivity index (χ0n) is 11.6. The number of halogens is 1. The van der Waals surface area contributed by atoms with Crippen LogP contribution in [0.2, 0.25) is 0 Å². The number of aromatic nitrogens is 2. The van der Waals surface area contributed by atoms with Gasteiger partial charge in [0.15, 0.2) is 0 Å². The van der Waals surface area contributed by atoms with Crippen LogP contribution in [0.3, 0.4) is 0 Å². The highest BCUT2D eigenvalue weighted by Crippen LogP contribution is 2.24. The molecular weight excluding hydrogens is 316 g/mol. The van der Waals surface area contributed by atoms with Crippen molar-refractivity contribution in [3.63, 3.8) is 0 Å². The number of benzene rings is 1. The van der Waals surface area contributed by atoms with Crippen LogP contribution < -0.4 is 5.32 Å². The molecular formula is C15H19BrN4. The van der Waals surface area contributed by atoms with Crippen LogP contribution in [0.5, 0.6) is 0 Å². The number of rotatable bonds is 3. The Balaban J connectivity index is 1.79. The first kappa shape index (κ1) is 13.8. The summed E-state index contributed by atoms with van der Waals surface area (Å²) in [5.41, 5.74) is 2.23. The van der Waals surface area contributed by atoms with Crippen LogP contribution in [0.4, 0.5) is 0 Å². The third-order valence-electron chi connectivity index (χ3n) is 3.83. The van der Waals surface area contributed by atoms with Crippen LogP contribution in [0.15, 0.2) is 34.9 Å². The molecule has 1 aliphatic heterocycles. The fourth-order valence-electron chi connectivity index (χ4n) is 2.59. The maximum absolute atomic E-state index is 4.56. The molecule has 4 nitrogen and oxygen atoms in total. The van der Waals surface area contributed by atoms with Gasteiger partial charge in [-0.15, -0.1) is 0 Å². The molecule has 1 unspecified atom stereocenters. The SMILES string of the molecule is CC(c1ncc(-c2cccc(Br)c2)[nH]1)N1CCNCC1. The van der Waals surface area contributed by atoms with Crippen molar-refractivity contribution in [2.75, 3.05) is 26.2 Å². The second-order valence-electron chi connectivity index (χ2n) is 5.15. The van der Waals surface area contributed by atoms with Crippen molar-refractivity contribution < 1.29 is 0 Å². The van der Waals surface area contributed by atoms with E-state index in [2.05, 4.69) is 55.2 Å². The van der Waals surface area contributed by atoms with Crippen molar-refractivity contribution in [3.05, 3.63) is 40.8 Å². The largest absolute Gasteiger partial charge is 0.341 e. The number of hydrogen-bond donors (Lipinski definition) is 2. The zero-order chi connectivity index (χ0) is 13.9. The minimum Gasteiger partial charge on any atom is -0.341 e. The number of imidazole rings is 1. The molecule has 0 bridgehead atoms. The molecule has 2 heterocycles. The molecule has 0 spiro atoms. The standard InChI is InChI=1S/C15H19BrN4/c1-11(20-7-5-17-6-8-20)15-18-10-14(19-15)12-3-2-4-13(16)9-12/h2-4,9-11,17H,5-8H2,1H3,(H,18,19). The van der Waals surface area contributed by atoms with Crippen molar-refractivity contribution >= 4 is 15.9 Å². The van der Waals surface area contributed by atoms with E-state index in [1.165, 1.54) is 0 Å². The number of nitrogens with zero attached hydrogens (tertiary/aromatic N) is 2. The summed E-state index contributed by atoms with van der Waals surface area (Å²) in [7, 11) is 0. The summed E-state index contributed by atoms with van der Waals surface area (Å²) in [6.07, 6.45) is 1.93. The predicted octanol–water partition coefficient (Wildman–Crippen LogP) is 2.81. The van der Waals surface area contributed by atoms with Gasteiger partial charge in [-0.25, -0.2) is 4.98 Å². The Morgan fingerprint density at radius 3 is 2.85 bits per heavy atom. The molecule has 0 amide bonds. The molecule has 2 aromatic rings. The van der Waals surface area contributed by atoms with E-state index in [0.717, 1.165) is 47.7 Å². The minimum absolute atomic E-state index is 0.331. The number of H-pyrrole nitrogens is 1. The lowest BCUT2D eigenvalue weighted by molar-refractivity contribution is 0.180. The average Bonchev–Trinajstić information content (AvgIpc) is 2.97. The van der Waals surface area contributed by atoms with Crippen LogP contribution >= 0.6 is 15.9 Å². The molecule has 1 fully saturated rings. The summed E-state index contributed by atoms with van der Waals surface area (Å²) < 4.78 is 1.08. The van der Waals surface area contributed by atoms with E-state index >= 15 is 0 Å². The lowest BCUT2D eigenvalue weighted by atomic mass is 10.2. The summed E-state index contributed by atoms with van der Waals surface area (Å²) >= 11 is 3.51. The first-order chi connectivity index (χ1) is 9.74. The van der Waals surface area contributed by atoms with Crippen molar-refractivity contribution in [2.24, 2.45) is 0 Å². The summed E-state index contributed by atoms with van der Waals surface area (Å²) in [4.78, 5) is 10.5. The van der Waals surface area contributed by atoms with Gasteiger partial charge in [-0.2, -0.15) is 0 Å². The maximum atomic E-state index is 4.56. The van der Waals surface area contributed by atoms with Gasteiger partial charge in [0, 0.05) is 36.2 Å². The van der Waals surface area contributed by atoms with E-state index in [1.807, 2.05) is 18.3 Å². The highest BCUT2D eigenvalue weighted by atomic mass is 79.9. The first-order valence-electron chi connectivity index (χ1n) is 6.99. The van der Waals surface area contributed by atoms with E-state index in [4.69, 9.17) is 0 Å². The first-order valence-corrected chi connectivity index (χ1v) is 7.79. The van der Waals surface area contributed by atoms with Gasteiger partial charge < -0.3 is 10.3 Å². The van der Waals surface area contributed by atoms with Crippen molar-refractivity contribution in [2.45, 2.75) is 13.0 Å². The molecule has 1 aromatic heterocycles. The quantitative estimate of drug-likeness (QED) is 0.907. The maximum Gasteiger partial charge on any atom is 0.123 e. The molecule has 106 valence electrons. The molecule has 0 saturated carbocycles. The normalized spacial score (nSPS) is 18.1. The van der Waals surface area contributed by atoms with E-state index in [-0.39, 0.29) is 0 Å². The van der Waals surface area contributed by atoms with Crippen LogP contribution in [-0.2, 0) is 0 Å². The van der Waals surface area contributed by atoms with Gasteiger partial charge in [-0.3, -0.25) is 4.90 Å². The van der Waals surface area contributed by atoms with E-state index < -0.39 is 0 Å². The topological polar surface area (TPSA) is 44.0 Å². The van der Waals surface area contributed by atoms with Gasteiger partial charge in [0.05, 0.1) is 17.9 Å². The third-order valence-corrected chi connectivity index (χ3v) is 4.32. The lowest BCUT2D eigenvalue weighted by Gasteiger charge is -2.31. The Bertz CT molecular complexity index is 575. The molecule has 0 aliphatic carbocycles. The molecule has 1 atom stereocenters. The molecule has 1 aliphatic rings. The van der Waals surface area contributed by atoms with E-state index in [1.54, 1.807) is 0 Å². The second kappa shape index (κ2) is 6.08. The number of aromatic amines is 1. The summed E-state index contributed by atoms with van der Waals surface area (Å²) in [5, 5.41) is 3.38. The van der Waals surface area contributed by atoms with Gasteiger partial charge in [0.25, 0.3) is 0 Å². The highest BCUT2D eigenvalue weighted by Gasteiger charge is 2.20. The number of piperazine rings is 1. The molecule has 1 saturated heterocycles. The molecule has 20 heavy (non-hydrogen) atoms. The fraction of sp³-hybridized carbons (Fsp3) is 0.400. The molecule has 3 rings (SSSR count). The monoisotopic (exact) mass is 334 g/mol. The molecule has 2 N–H and O–H groups in total. The molecule has 1 aromatic carbocycles. The lowest BCUT2D eigenvalue weighted by Crippen LogP contribution is -2.44. The van der Waals surface area contributed by atoms with Gasteiger partial charge in [-0.05, 0) is 19.1 Å². The second-order valence-corrected chi connectivity index (χ2v) is 6.07. The molecule has 0 radical (unpaired) electrons. The third kappa shape index (κ3) is 2.95. The fourth-order valence-corrected chi connectivity index (χ4v) is 2.99. The smallest absolute Gasteiger partial charge is 0.123 e. The zero-order valence-corrected chi connectivity index (χ0v) is 13.2. The number of nitrogens with one attached hydrogen (secondary N) is 2. The van der Waals surface area contributed by atoms with E-state index in [9.17, 15) is 0 Å². The Morgan fingerprint density at radius 2 is 2.10 bits per heavy atom. The molecule has 5 heteroatoms. The van der Waals surface area contributed by atoms with Crippen molar-refractivity contribution in [1.29, 1.82) is 0 Å². The van der Waals surface area contributed by atoms with E-state index in [0.29, 0.717) is 6.04 Å². The van der Waals surface area contributed by atoms with Gasteiger partial charge in [-0.1, -0.05) is 28.1 Å². The van der Waals surface area contributed by atoms with Crippen LogP contribution in [0.25, 0.3) is 11.3 Å². The van der Waals surface area contributed by atoms with Crippen molar-refractivity contribution in [1.82, 2.24) is 20.2 Å². The summed E-state index contributed by atoms with van der Waals surface area (Å²) in [5.74, 6) is 1.04. The predicted molar refractivity (Wildman–Crippen MR) is 84.6 cm³/mol. The van der Waals surface area contributed by atoms with Crippen LogP contribution in [-0.4, -0.2) is 41.0 Å². The Hall–Kier alpha value is -1.17. The highest BCUT2D eigenvalue weighted by molar-refractivity contribution is 9.10.